The van der Waals surface area contributed by atoms with Crippen LogP contribution in [0.1, 0.15) is 34.6 Å². The normalized spacial score (nSPS) is 20.9. The van der Waals surface area contributed by atoms with Crippen LogP contribution in [0.5, 0.6) is 11.5 Å². The number of nitriles is 1. The fourth-order valence-corrected chi connectivity index (χ4v) is 4.68. The molecule has 1 unspecified atom stereocenters. The van der Waals surface area contributed by atoms with Crippen LogP contribution < -0.4 is 10.1 Å². The predicted molar refractivity (Wildman–Crippen MR) is 98.7 cm³/mol. The van der Waals surface area contributed by atoms with Gasteiger partial charge in [0.15, 0.2) is 0 Å². The summed E-state index contributed by atoms with van der Waals surface area (Å²) in [6, 6.07) is 9.78. The molecule has 5 nitrogen and oxygen atoms in total. The second-order valence-corrected chi connectivity index (χ2v) is 7.86. The van der Waals surface area contributed by atoms with E-state index >= 15 is 0 Å². The Hall–Kier alpha value is -2.99. The first-order valence-corrected chi connectivity index (χ1v) is 9.58. The highest BCUT2D eigenvalue weighted by atomic mass is 32.2. The Labute approximate surface area is 167 Å². The maximum atomic E-state index is 13.3. The molecule has 1 saturated heterocycles. The largest absolute Gasteiger partial charge is 0.457 e. The summed E-state index contributed by atoms with van der Waals surface area (Å²) in [5.74, 6) is -0.594. The van der Waals surface area contributed by atoms with E-state index in [1.165, 1.54) is 6.07 Å². The maximum absolute atomic E-state index is 13.3. The van der Waals surface area contributed by atoms with Crippen molar-refractivity contribution < 1.29 is 27.5 Å². The first-order chi connectivity index (χ1) is 13.8. The monoisotopic (exact) mass is 418 g/mol. The van der Waals surface area contributed by atoms with E-state index in [2.05, 4.69) is 5.32 Å². The van der Waals surface area contributed by atoms with Crippen LogP contribution in [0.15, 0.2) is 36.4 Å². The van der Waals surface area contributed by atoms with Crippen molar-refractivity contribution in [3.8, 4) is 17.6 Å². The highest BCUT2D eigenvalue weighted by Crippen LogP contribution is 2.44. The van der Waals surface area contributed by atoms with Gasteiger partial charge in [0.05, 0.1) is 17.2 Å². The Kier molecular flexibility index (Phi) is 4.74. The number of fused-ring (bicyclic) bond motifs is 1. The summed E-state index contributed by atoms with van der Waals surface area (Å²) < 4.78 is 45.5. The number of carbonyl (C=O) groups excluding carboxylic acids is 2. The van der Waals surface area contributed by atoms with Crippen molar-refractivity contribution >= 4 is 22.9 Å². The molecule has 2 aromatic rings. The van der Waals surface area contributed by atoms with Gasteiger partial charge in [-0.3, -0.25) is 14.9 Å². The molecule has 9 heteroatoms. The lowest BCUT2D eigenvalue weighted by Crippen LogP contribution is -2.27. The number of benzene rings is 2. The van der Waals surface area contributed by atoms with Crippen LogP contribution in [0, 0.1) is 11.3 Å². The van der Waals surface area contributed by atoms with E-state index in [1.54, 1.807) is 24.3 Å². The predicted octanol–water partition coefficient (Wildman–Crippen LogP) is 4.75. The van der Waals surface area contributed by atoms with Crippen molar-refractivity contribution in [1.29, 1.82) is 5.26 Å². The van der Waals surface area contributed by atoms with Gasteiger partial charge in [-0.1, -0.05) is 17.8 Å². The number of ether oxygens (including phenoxy) is 1. The molecule has 0 saturated carbocycles. The molecule has 0 radical (unpaired) electrons. The zero-order valence-corrected chi connectivity index (χ0v) is 15.6. The van der Waals surface area contributed by atoms with Crippen LogP contribution >= 0.6 is 11.8 Å². The number of rotatable bonds is 3. The molecule has 1 heterocycles. The molecule has 29 heavy (non-hydrogen) atoms. The SMILES string of the molecule is N#Cc1ccc(Oc2ccc3c(c2)CC[C@H]3C2SC(=O)NC2=O)c(C(F)(F)F)c1. The van der Waals surface area contributed by atoms with Gasteiger partial charge in [0.25, 0.3) is 5.24 Å². The van der Waals surface area contributed by atoms with Crippen LogP contribution in [0.4, 0.5) is 18.0 Å². The lowest BCUT2D eigenvalue weighted by atomic mass is 9.97. The van der Waals surface area contributed by atoms with E-state index in [0.717, 1.165) is 35.0 Å². The summed E-state index contributed by atoms with van der Waals surface area (Å²) >= 11 is 0.967. The van der Waals surface area contributed by atoms with E-state index in [-0.39, 0.29) is 34.1 Å². The first-order valence-electron chi connectivity index (χ1n) is 8.70. The van der Waals surface area contributed by atoms with E-state index in [1.807, 2.05) is 0 Å². The number of hydrogen-bond acceptors (Lipinski definition) is 5. The zero-order chi connectivity index (χ0) is 20.8. The molecule has 2 atom stereocenters. The molecule has 1 N–H and O–H groups in total. The minimum Gasteiger partial charge on any atom is -0.457 e. The molecule has 1 aliphatic carbocycles. The molecule has 0 bridgehead atoms. The molecule has 1 aliphatic heterocycles. The van der Waals surface area contributed by atoms with Crippen molar-refractivity contribution in [2.75, 3.05) is 0 Å². The zero-order valence-electron chi connectivity index (χ0n) is 14.7. The fraction of sp³-hybridized carbons (Fsp3) is 0.250. The number of imide groups is 1. The Balaban J connectivity index is 1.61. The Morgan fingerprint density at radius 3 is 2.62 bits per heavy atom. The number of alkyl halides is 3. The number of hydrogen-bond donors (Lipinski definition) is 1. The molecule has 2 aliphatic rings. The van der Waals surface area contributed by atoms with Gasteiger partial charge in [0, 0.05) is 5.92 Å². The standard InChI is InChI=1S/C20H13F3N2O3S/c21-20(22,23)15-7-10(9-24)1-6-16(15)28-12-3-5-13-11(8-12)2-4-14(13)17-18(26)25-19(27)29-17/h1,3,5-8,14,17H,2,4H2,(H,25,26,27)/t14-,17?/m1/s1. The molecule has 0 aromatic heterocycles. The van der Waals surface area contributed by atoms with Crippen molar-refractivity contribution in [2.45, 2.75) is 30.2 Å². The summed E-state index contributed by atoms with van der Waals surface area (Å²) in [7, 11) is 0. The Morgan fingerprint density at radius 2 is 1.97 bits per heavy atom. The number of aryl methyl sites for hydroxylation is 1. The minimum atomic E-state index is -4.66. The summed E-state index contributed by atoms with van der Waals surface area (Å²) in [5, 5.41) is 10.3. The van der Waals surface area contributed by atoms with Gasteiger partial charge in [0.2, 0.25) is 5.91 Å². The molecule has 0 spiro atoms. The number of thioether (sulfide) groups is 1. The molecule has 2 amide bonds. The van der Waals surface area contributed by atoms with Crippen LogP contribution in [0.3, 0.4) is 0 Å². The van der Waals surface area contributed by atoms with Gasteiger partial charge in [-0.25, -0.2) is 0 Å². The summed E-state index contributed by atoms with van der Waals surface area (Å²) in [6.07, 6.45) is -3.36. The molecular formula is C20H13F3N2O3S. The van der Waals surface area contributed by atoms with E-state index in [9.17, 15) is 22.8 Å². The van der Waals surface area contributed by atoms with Gasteiger partial charge >= 0.3 is 6.18 Å². The van der Waals surface area contributed by atoms with Crippen molar-refractivity contribution in [3.05, 3.63) is 58.7 Å². The summed E-state index contributed by atoms with van der Waals surface area (Å²) in [4.78, 5) is 23.4. The van der Waals surface area contributed by atoms with Gasteiger partial charge in [-0.15, -0.1) is 0 Å². The van der Waals surface area contributed by atoms with E-state index in [0.29, 0.717) is 12.8 Å². The summed E-state index contributed by atoms with van der Waals surface area (Å²) in [6.45, 7) is 0. The number of nitrogens with one attached hydrogen (secondary N) is 1. The van der Waals surface area contributed by atoms with Gasteiger partial charge in [-0.05, 0) is 54.3 Å². The molecule has 1 fully saturated rings. The third kappa shape index (κ3) is 3.68. The van der Waals surface area contributed by atoms with Crippen molar-refractivity contribution in [3.63, 3.8) is 0 Å². The van der Waals surface area contributed by atoms with E-state index < -0.39 is 17.0 Å². The smallest absolute Gasteiger partial charge is 0.420 e. The average molecular weight is 418 g/mol. The van der Waals surface area contributed by atoms with Crippen LogP contribution in [-0.2, 0) is 17.4 Å². The lowest BCUT2D eigenvalue weighted by molar-refractivity contribution is -0.138. The lowest BCUT2D eigenvalue weighted by Gasteiger charge is -2.17. The van der Waals surface area contributed by atoms with Crippen molar-refractivity contribution in [2.24, 2.45) is 0 Å². The quantitative estimate of drug-likeness (QED) is 0.778. The Bertz CT molecular complexity index is 1060. The second kappa shape index (κ2) is 7.12. The van der Waals surface area contributed by atoms with Crippen LogP contribution in [-0.4, -0.2) is 16.4 Å². The fourth-order valence-electron chi connectivity index (χ4n) is 3.68. The van der Waals surface area contributed by atoms with Crippen molar-refractivity contribution in [1.82, 2.24) is 5.32 Å². The van der Waals surface area contributed by atoms with Gasteiger partial charge in [0.1, 0.15) is 16.7 Å². The third-order valence-corrected chi connectivity index (χ3v) is 6.08. The Morgan fingerprint density at radius 1 is 1.17 bits per heavy atom. The minimum absolute atomic E-state index is 0.108. The third-order valence-electron chi connectivity index (χ3n) is 4.96. The van der Waals surface area contributed by atoms with Crippen LogP contribution in [0.25, 0.3) is 0 Å². The number of amides is 2. The highest BCUT2D eigenvalue weighted by molar-refractivity contribution is 8.15. The van der Waals surface area contributed by atoms with Crippen LogP contribution in [0.2, 0.25) is 0 Å². The topological polar surface area (TPSA) is 79.2 Å². The number of halogens is 3. The average Bonchev–Trinajstić information content (AvgIpc) is 3.22. The van der Waals surface area contributed by atoms with Gasteiger partial charge in [-0.2, -0.15) is 18.4 Å². The summed E-state index contributed by atoms with van der Waals surface area (Å²) in [5.41, 5.74) is 0.647. The molecule has 2 aromatic carbocycles. The number of nitrogens with zero attached hydrogens (tertiary/aromatic N) is 1. The second-order valence-electron chi connectivity index (χ2n) is 6.74. The molecule has 148 valence electrons. The maximum Gasteiger partial charge on any atom is 0.420 e. The van der Waals surface area contributed by atoms with Gasteiger partial charge < -0.3 is 4.74 Å². The molecule has 4 rings (SSSR count). The highest BCUT2D eigenvalue weighted by Gasteiger charge is 2.41. The molecular weight excluding hydrogens is 405 g/mol. The number of carbonyl (C=O) groups is 2. The van der Waals surface area contributed by atoms with E-state index in [4.69, 9.17) is 10.00 Å². The first kappa shape index (κ1) is 19.3.